The second kappa shape index (κ2) is 12.4. The van der Waals surface area contributed by atoms with E-state index in [0.29, 0.717) is 6.54 Å². The second-order valence-electron chi connectivity index (χ2n) is 12.9. The molecule has 6 aromatic carbocycles. The van der Waals surface area contributed by atoms with Crippen molar-refractivity contribution in [3.63, 3.8) is 0 Å². The number of aromatic nitrogens is 1. The smallest absolute Gasteiger partial charge is 0.0764 e. The number of rotatable bonds is 7. The van der Waals surface area contributed by atoms with Crippen molar-refractivity contribution in [2.24, 2.45) is 9.98 Å². The quantitative estimate of drug-likeness (QED) is 0.122. The summed E-state index contributed by atoms with van der Waals surface area (Å²) in [4.78, 5) is 12.2. The molecule has 244 valence electrons. The highest BCUT2D eigenvalue weighted by Gasteiger charge is 2.49. The highest BCUT2D eigenvalue weighted by molar-refractivity contribution is 7.99. The molecule has 1 spiro atoms. The molecule has 0 saturated carbocycles. The number of allylic oxidation sites excluding steroid dienone is 5. The predicted molar refractivity (Wildman–Crippen MR) is 216 cm³/mol. The van der Waals surface area contributed by atoms with Crippen molar-refractivity contribution in [3.05, 3.63) is 203 Å². The topological polar surface area (TPSA) is 29.6 Å². The van der Waals surface area contributed by atoms with Gasteiger partial charge in [-0.15, -0.1) is 0 Å². The fourth-order valence-corrected chi connectivity index (χ4v) is 9.57. The van der Waals surface area contributed by atoms with Gasteiger partial charge >= 0.3 is 0 Å². The molecule has 0 bridgehead atoms. The van der Waals surface area contributed by atoms with Gasteiger partial charge in [-0.2, -0.15) is 0 Å². The summed E-state index contributed by atoms with van der Waals surface area (Å²) in [7, 11) is 0. The fourth-order valence-electron chi connectivity index (χ4n) is 8.28. The van der Waals surface area contributed by atoms with Crippen molar-refractivity contribution in [3.8, 4) is 5.69 Å². The molecule has 1 aromatic heterocycles. The van der Waals surface area contributed by atoms with Crippen LogP contribution in [0.1, 0.15) is 40.3 Å². The zero-order valence-electron chi connectivity index (χ0n) is 28.4. The summed E-state index contributed by atoms with van der Waals surface area (Å²) >= 11 is 1.86. The summed E-state index contributed by atoms with van der Waals surface area (Å²) in [6, 6.07) is 48.5. The standard InChI is InChI=1S/C47H35N3S/c1-4-6-17-31(5-2)44(35-20-7-11-26-40(35)48-3)49-30-32-18-15-25-39-46(32)51-43-29-14-10-23-37(43)47(39)36-22-9-13-28-42(36)50-41-27-12-8-19-33(41)34-21-16-24-38(47)45(34)50/h4-29H,2-3,30H2,1H3/b6-4-,31-17+,49-44?. The summed E-state index contributed by atoms with van der Waals surface area (Å²) in [5.41, 5.74) is 13.1. The average Bonchev–Trinajstić information content (AvgIpc) is 3.53. The number of nitrogens with zero attached hydrogens (tertiary/aromatic N) is 3. The third-order valence-electron chi connectivity index (χ3n) is 10.4. The zero-order chi connectivity index (χ0) is 34.5. The molecular formula is C47H35N3S. The van der Waals surface area contributed by atoms with Crippen LogP contribution < -0.4 is 0 Å². The maximum absolute atomic E-state index is 5.38. The number of para-hydroxylation sites is 4. The van der Waals surface area contributed by atoms with E-state index in [1.165, 1.54) is 65.1 Å². The van der Waals surface area contributed by atoms with E-state index in [0.717, 1.165) is 22.5 Å². The number of hydrogen-bond acceptors (Lipinski definition) is 3. The Kier molecular flexibility index (Phi) is 7.56. The molecule has 1 atom stereocenters. The third-order valence-corrected chi connectivity index (χ3v) is 11.6. The van der Waals surface area contributed by atoms with E-state index in [4.69, 9.17) is 4.99 Å². The van der Waals surface area contributed by atoms with Gasteiger partial charge in [-0.25, -0.2) is 0 Å². The van der Waals surface area contributed by atoms with Gasteiger partial charge < -0.3 is 4.57 Å². The Morgan fingerprint density at radius 2 is 1.45 bits per heavy atom. The highest BCUT2D eigenvalue weighted by Crippen LogP contribution is 2.60. The molecule has 0 amide bonds. The molecule has 9 rings (SSSR count). The Balaban J connectivity index is 1.33. The summed E-state index contributed by atoms with van der Waals surface area (Å²) in [6.45, 7) is 10.5. The molecular weight excluding hydrogens is 639 g/mol. The van der Waals surface area contributed by atoms with Gasteiger partial charge in [-0.05, 0) is 71.3 Å². The fraction of sp³-hybridized carbons (Fsp3) is 0.0638. The van der Waals surface area contributed by atoms with E-state index < -0.39 is 5.41 Å². The maximum atomic E-state index is 5.38. The van der Waals surface area contributed by atoms with Crippen molar-refractivity contribution < 1.29 is 0 Å². The van der Waals surface area contributed by atoms with Crippen LogP contribution in [0.15, 0.2) is 190 Å². The SMILES string of the molecule is C=C/C(=C\C=C/C)C(=NCc1cccc2c1Sc1ccccc1C21c2ccccc2-n2c3ccccc3c3cccc1c32)c1ccccc1N=C. The van der Waals surface area contributed by atoms with Crippen molar-refractivity contribution >= 4 is 51.7 Å². The minimum absolute atomic E-state index is 0.488. The van der Waals surface area contributed by atoms with E-state index in [-0.39, 0.29) is 0 Å². The number of aliphatic imine (C=N–C) groups is 2. The molecule has 1 unspecified atom stereocenters. The molecule has 7 aromatic rings. The lowest BCUT2D eigenvalue weighted by Crippen LogP contribution is -2.38. The lowest BCUT2D eigenvalue weighted by molar-refractivity contribution is 0.685. The van der Waals surface area contributed by atoms with Crippen LogP contribution in [0, 0.1) is 0 Å². The van der Waals surface area contributed by atoms with Crippen molar-refractivity contribution in [1.82, 2.24) is 4.57 Å². The zero-order valence-corrected chi connectivity index (χ0v) is 29.2. The number of benzene rings is 6. The Morgan fingerprint density at radius 1 is 0.745 bits per heavy atom. The minimum atomic E-state index is -0.530. The van der Waals surface area contributed by atoms with E-state index in [1.54, 1.807) is 0 Å². The molecule has 51 heavy (non-hydrogen) atoms. The van der Waals surface area contributed by atoms with Gasteiger partial charge in [0.2, 0.25) is 0 Å². The van der Waals surface area contributed by atoms with E-state index >= 15 is 0 Å². The molecule has 0 saturated heterocycles. The molecule has 0 radical (unpaired) electrons. The largest absolute Gasteiger partial charge is 0.309 e. The lowest BCUT2D eigenvalue weighted by atomic mass is 9.62. The van der Waals surface area contributed by atoms with Gasteiger partial charge in [-0.3, -0.25) is 9.98 Å². The van der Waals surface area contributed by atoms with Crippen LogP contribution in [0.2, 0.25) is 0 Å². The van der Waals surface area contributed by atoms with Gasteiger partial charge in [0.05, 0.1) is 40.1 Å². The second-order valence-corrected chi connectivity index (χ2v) is 14.0. The van der Waals surface area contributed by atoms with Crippen LogP contribution >= 0.6 is 11.8 Å². The molecule has 3 nitrogen and oxygen atoms in total. The van der Waals surface area contributed by atoms with Crippen LogP contribution in [0.25, 0.3) is 27.5 Å². The van der Waals surface area contributed by atoms with Crippen LogP contribution in [-0.4, -0.2) is 17.0 Å². The van der Waals surface area contributed by atoms with Crippen LogP contribution in [0.4, 0.5) is 5.69 Å². The van der Waals surface area contributed by atoms with Gasteiger partial charge in [0, 0.05) is 26.1 Å². The summed E-state index contributed by atoms with van der Waals surface area (Å²) in [6.07, 6.45) is 7.97. The molecule has 4 heteroatoms. The molecule has 2 aliphatic rings. The molecule has 2 aliphatic heterocycles. The Labute approximate surface area is 302 Å². The Bertz CT molecular complexity index is 2650. The van der Waals surface area contributed by atoms with Crippen LogP contribution in [0.5, 0.6) is 0 Å². The van der Waals surface area contributed by atoms with Crippen molar-refractivity contribution in [2.75, 3.05) is 0 Å². The summed E-state index contributed by atoms with van der Waals surface area (Å²) < 4.78 is 2.49. The van der Waals surface area contributed by atoms with Crippen molar-refractivity contribution in [1.29, 1.82) is 0 Å². The van der Waals surface area contributed by atoms with E-state index in [9.17, 15) is 0 Å². The Hall–Kier alpha value is -5.97. The Morgan fingerprint density at radius 3 is 2.31 bits per heavy atom. The number of fused-ring (bicyclic) bond motifs is 11. The van der Waals surface area contributed by atoms with Crippen molar-refractivity contribution in [2.45, 2.75) is 28.7 Å². The first kappa shape index (κ1) is 31.0. The maximum Gasteiger partial charge on any atom is 0.0764 e. The van der Waals surface area contributed by atoms with Gasteiger partial charge in [-0.1, -0.05) is 152 Å². The molecule has 0 N–H and O–H groups in total. The predicted octanol–water partition coefficient (Wildman–Crippen LogP) is 12.0. The normalized spacial score (nSPS) is 16.3. The van der Waals surface area contributed by atoms with Gasteiger partial charge in [0.1, 0.15) is 0 Å². The third kappa shape index (κ3) is 4.53. The lowest BCUT2D eigenvalue weighted by Gasteiger charge is -2.45. The van der Waals surface area contributed by atoms with Crippen LogP contribution in [-0.2, 0) is 12.0 Å². The molecule has 0 fully saturated rings. The molecule has 3 heterocycles. The average molecular weight is 674 g/mol. The van der Waals surface area contributed by atoms with Gasteiger partial charge in [0.15, 0.2) is 0 Å². The molecule has 0 aliphatic carbocycles. The number of hydrogen-bond donors (Lipinski definition) is 0. The summed E-state index contributed by atoms with van der Waals surface area (Å²) in [5.74, 6) is 0. The minimum Gasteiger partial charge on any atom is -0.309 e. The van der Waals surface area contributed by atoms with Crippen LogP contribution in [0.3, 0.4) is 0 Å². The van der Waals surface area contributed by atoms with E-state index in [2.05, 4.69) is 144 Å². The van der Waals surface area contributed by atoms with E-state index in [1.807, 2.05) is 55.1 Å². The monoisotopic (exact) mass is 673 g/mol. The highest BCUT2D eigenvalue weighted by atomic mass is 32.2. The first-order chi connectivity index (χ1) is 25.2. The first-order valence-corrected chi connectivity index (χ1v) is 18.1. The van der Waals surface area contributed by atoms with Gasteiger partial charge in [0.25, 0.3) is 0 Å². The first-order valence-electron chi connectivity index (χ1n) is 17.3. The summed E-state index contributed by atoms with van der Waals surface area (Å²) in [5, 5.41) is 2.55.